The number of oxazole rings is 1. The molecule has 0 saturated heterocycles. The van der Waals surface area contributed by atoms with Crippen molar-refractivity contribution in [2.24, 2.45) is 0 Å². The van der Waals surface area contributed by atoms with Crippen LogP contribution in [-0.4, -0.2) is 4.98 Å². The van der Waals surface area contributed by atoms with Gasteiger partial charge < -0.3 is 9.15 Å². The molecule has 3 aromatic rings. The van der Waals surface area contributed by atoms with E-state index in [9.17, 15) is 4.39 Å². The van der Waals surface area contributed by atoms with E-state index >= 15 is 0 Å². The Morgan fingerprint density at radius 1 is 1.10 bits per heavy atom. The molecule has 2 aromatic carbocycles. The molecule has 21 heavy (non-hydrogen) atoms. The van der Waals surface area contributed by atoms with Crippen molar-refractivity contribution in [3.05, 3.63) is 71.5 Å². The molecule has 106 valence electrons. The Kier molecular flexibility index (Phi) is 3.88. The van der Waals surface area contributed by atoms with Crippen molar-refractivity contribution in [2.45, 2.75) is 6.61 Å². The standard InChI is InChI=1S/C16H11ClFNO2/c17-13-3-1-2-4-14(13)20-10-16-19-9-15(21-16)11-5-7-12(18)8-6-11/h1-9H,10H2. The lowest BCUT2D eigenvalue weighted by atomic mass is 10.2. The Bertz CT molecular complexity index is 740. The molecule has 0 N–H and O–H groups in total. The second-order valence-corrected chi connectivity index (χ2v) is 4.75. The second-order valence-electron chi connectivity index (χ2n) is 4.34. The van der Waals surface area contributed by atoms with Gasteiger partial charge >= 0.3 is 0 Å². The van der Waals surface area contributed by atoms with E-state index in [1.54, 1.807) is 30.5 Å². The summed E-state index contributed by atoms with van der Waals surface area (Å²) >= 11 is 5.99. The number of nitrogens with zero attached hydrogens (tertiary/aromatic N) is 1. The third-order valence-corrected chi connectivity index (χ3v) is 3.18. The fourth-order valence-corrected chi connectivity index (χ4v) is 2.02. The maximum absolute atomic E-state index is 12.9. The minimum atomic E-state index is -0.291. The molecule has 1 aromatic heterocycles. The fraction of sp³-hybridized carbons (Fsp3) is 0.0625. The molecule has 0 bridgehead atoms. The number of rotatable bonds is 4. The van der Waals surface area contributed by atoms with Crippen LogP contribution in [0.1, 0.15) is 5.89 Å². The van der Waals surface area contributed by atoms with Gasteiger partial charge in [0.2, 0.25) is 5.89 Å². The van der Waals surface area contributed by atoms with E-state index in [4.69, 9.17) is 20.8 Å². The number of benzene rings is 2. The number of aromatic nitrogens is 1. The highest BCUT2D eigenvalue weighted by Gasteiger charge is 2.08. The van der Waals surface area contributed by atoms with E-state index < -0.39 is 0 Å². The van der Waals surface area contributed by atoms with Gasteiger partial charge in [0, 0.05) is 5.56 Å². The molecule has 3 nitrogen and oxygen atoms in total. The first kappa shape index (κ1) is 13.6. The van der Waals surface area contributed by atoms with E-state index in [1.807, 2.05) is 12.1 Å². The van der Waals surface area contributed by atoms with Gasteiger partial charge in [-0.1, -0.05) is 23.7 Å². The van der Waals surface area contributed by atoms with Crippen LogP contribution in [0.2, 0.25) is 5.02 Å². The van der Waals surface area contributed by atoms with E-state index in [0.717, 1.165) is 5.56 Å². The molecule has 3 rings (SSSR count). The first-order valence-electron chi connectivity index (χ1n) is 6.30. The highest BCUT2D eigenvalue weighted by atomic mass is 35.5. The van der Waals surface area contributed by atoms with Crippen LogP contribution in [-0.2, 0) is 6.61 Å². The quantitative estimate of drug-likeness (QED) is 0.700. The number of hydrogen-bond donors (Lipinski definition) is 0. The van der Waals surface area contributed by atoms with Gasteiger partial charge in [-0.05, 0) is 36.4 Å². The predicted octanol–water partition coefficient (Wildman–Crippen LogP) is 4.71. The van der Waals surface area contributed by atoms with Crippen molar-refractivity contribution in [1.29, 1.82) is 0 Å². The summed E-state index contributed by atoms with van der Waals surface area (Å²) in [6, 6.07) is 13.2. The van der Waals surface area contributed by atoms with Gasteiger partial charge in [0.25, 0.3) is 0 Å². The molecular weight excluding hydrogens is 293 g/mol. The lowest BCUT2D eigenvalue weighted by Crippen LogP contribution is -1.95. The highest BCUT2D eigenvalue weighted by Crippen LogP contribution is 2.25. The van der Waals surface area contributed by atoms with Crippen molar-refractivity contribution in [3.63, 3.8) is 0 Å². The monoisotopic (exact) mass is 303 g/mol. The van der Waals surface area contributed by atoms with Crippen LogP contribution in [0.25, 0.3) is 11.3 Å². The summed E-state index contributed by atoms with van der Waals surface area (Å²) in [6.07, 6.45) is 1.58. The topological polar surface area (TPSA) is 35.3 Å². The van der Waals surface area contributed by atoms with E-state index in [0.29, 0.717) is 22.4 Å². The van der Waals surface area contributed by atoms with E-state index in [2.05, 4.69) is 4.98 Å². The minimum absolute atomic E-state index is 0.172. The first-order chi connectivity index (χ1) is 10.2. The van der Waals surface area contributed by atoms with Crippen LogP contribution < -0.4 is 4.74 Å². The Balaban J connectivity index is 1.71. The van der Waals surface area contributed by atoms with Gasteiger partial charge in [-0.15, -0.1) is 0 Å². The molecule has 0 aliphatic heterocycles. The summed E-state index contributed by atoms with van der Waals surface area (Å²) in [5.74, 6) is 1.27. The van der Waals surface area contributed by atoms with Crippen molar-refractivity contribution in [1.82, 2.24) is 4.98 Å². The highest BCUT2D eigenvalue weighted by molar-refractivity contribution is 6.32. The SMILES string of the molecule is Fc1ccc(-c2cnc(COc3ccccc3Cl)o2)cc1. The smallest absolute Gasteiger partial charge is 0.232 e. The zero-order valence-corrected chi connectivity index (χ0v) is 11.7. The van der Waals surface area contributed by atoms with E-state index in [-0.39, 0.29) is 12.4 Å². The Morgan fingerprint density at radius 2 is 1.86 bits per heavy atom. The number of halogens is 2. The average Bonchev–Trinajstić information content (AvgIpc) is 2.96. The number of para-hydroxylation sites is 1. The largest absolute Gasteiger partial charge is 0.482 e. The molecule has 0 unspecified atom stereocenters. The molecule has 0 fully saturated rings. The minimum Gasteiger partial charge on any atom is -0.482 e. The van der Waals surface area contributed by atoms with Crippen molar-refractivity contribution >= 4 is 11.6 Å². The molecular formula is C16H11ClFNO2. The van der Waals surface area contributed by atoms with Gasteiger partial charge in [0.05, 0.1) is 11.2 Å². The van der Waals surface area contributed by atoms with Gasteiger partial charge in [0.15, 0.2) is 12.4 Å². The summed E-state index contributed by atoms with van der Waals surface area (Å²) < 4.78 is 24.0. The molecule has 5 heteroatoms. The Hall–Kier alpha value is -2.33. The van der Waals surface area contributed by atoms with Crippen LogP contribution in [0, 0.1) is 5.82 Å². The van der Waals surface area contributed by atoms with Gasteiger partial charge in [-0.25, -0.2) is 9.37 Å². The molecule has 0 spiro atoms. The first-order valence-corrected chi connectivity index (χ1v) is 6.68. The predicted molar refractivity (Wildman–Crippen MR) is 77.7 cm³/mol. The Labute approximate surface area is 126 Å². The van der Waals surface area contributed by atoms with E-state index in [1.165, 1.54) is 12.1 Å². The summed E-state index contributed by atoms with van der Waals surface area (Å²) in [5.41, 5.74) is 0.757. The molecule has 0 aliphatic carbocycles. The molecule has 1 heterocycles. The summed E-state index contributed by atoms with van der Waals surface area (Å²) in [7, 11) is 0. The van der Waals surface area contributed by atoms with Crippen molar-refractivity contribution in [2.75, 3.05) is 0 Å². The molecule has 0 aliphatic rings. The van der Waals surface area contributed by atoms with Crippen LogP contribution >= 0.6 is 11.6 Å². The molecule has 0 saturated carbocycles. The third-order valence-electron chi connectivity index (χ3n) is 2.87. The van der Waals surface area contributed by atoms with Gasteiger partial charge in [-0.3, -0.25) is 0 Å². The molecule has 0 radical (unpaired) electrons. The number of ether oxygens (including phenoxy) is 1. The Morgan fingerprint density at radius 3 is 2.62 bits per heavy atom. The maximum Gasteiger partial charge on any atom is 0.232 e. The number of hydrogen-bond acceptors (Lipinski definition) is 3. The van der Waals surface area contributed by atoms with Gasteiger partial charge in [-0.2, -0.15) is 0 Å². The van der Waals surface area contributed by atoms with Crippen LogP contribution in [0.3, 0.4) is 0 Å². The van der Waals surface area contributed by atoms with Crippen molar-refractivity contribution < 1.29 is 13.5 Å². The summed E-state index contributed by atoms with van der Waals surface area (Å²) in [5, 5.41) is 0.530. The summed E-state index contributed by atoms with van der Waals surface area (Å²) in [4.78, 5) is 4.13. The molecule has 0 atom stereocenters. The molecule has 0 amide bonds. The van der Waals surface area contributed by atoms with Crippen LogP contribution in [0.15, 0.2) is 59.1 Å². The maximum atomic E-state index is 12.9. The zero-order valence-electron chi connectivity index (χ0n) is 10.9. The van der Waals surface area contributed by atoms with Gasteiger partial charge in [0.1, 0.15) is 11.6 Å². The second kappa shape index (κ2) is 5.97. The normalized spacial score (nSPS) is 10.6. The van der Waals surface area contributed by atoms with Crippen molar-refractivity contribution in [3.8, 4) is 17.1 Å². The third kappa shape index (κ3) is 3.23. The van der Waals surface area contributed by atoms with Crippen LogP contribution in [0.5, 0.6) is 5.75 Å². The average molecular weight is 304 g/mol. The van der Waals surface area contributed by atoms with Crippen LogP contribution in [0.4, 0.5) is 4.39 Å². The lowest BCUT2D eigenvalue weighted by molar-refractivity contribution is 0.265. The summed E-state index contributed by atoms with van der Waals surface area (Å²) in [6.45, 7) is 0.172. The lowest BCUT2D eigenvalue weighted by Gasteiger charge is -2.04. The zero-order chi connectivity index (χ0) is 14.7. The fourth-order valence-electron chi connectivity index (χ4n) is 1.83.